The Labute approximate surface area is 168 Å². The molecule has 142 valence electrons. The lowest BCUT2D eigenvalue weighted by molar-refractivity contribution is 0.0949. The number of hydrogen-bond acceptors (Lipinski definition) is 3. The van der Waals surface area contributed by atoms with E-state index in [9.17, 15) is 9.59 Å². The van der Waals surface area contributed by atoms with Crippen LogP contribution in [0.15, 0.2) is 66.9 Å². The van der Waals surface area contributed by atoms with Crippen LogP contribution in [0.3, 0.4) is 0 Å². The number of nitrogens with zero attached hydrogens (tertiary/aromatic N) is 1. The quantitative estimate of drug-likeness (QED) is 0.657. The molecule has 0 bridgehead atoms. The summed E-state index contributed by atoms with van der Waals surface area (Å²) in [6.07, 6.45) is 2.17. The number of aromatic nitrogens is 1. The first kappa shape index (κ1) is 19.6. The zero-order valence-corrected chi connectivity index (χ0v) is 16.2. The van der Waals surface area contributed by atoms with E-state index in [4.69, 9.17) is 11.6 Å². The monoisotopic (exact) mass is 393 g/mol. The molecule has 3 rings (SSSR count). The fraction of sp³-hybridized carbons (Fsp3) is 0.136. The van der Waals surface area contributed by atoms with E-state index in [0.29, 0.717) is 22.8 Å². The molecule has 0 unspecified atom stereocenters. The summed E-state index contributed by atoms with van der Waals surface area (Å²) < 4.78 is 0. The fourth-order valence-corrected chi connectivity index (χ4v) is 2.85. The number of hydrogen-bond donors (Lipinski definition) is 2. The summed E-state index contributed by atoms with van der Waals surface area (Å²) in [5.74, 6) is -0.643. The molecule has 0 aliphatic rings. The molecule has 0 saturated carbocycles. The van der Waals surface area contributed by atoms with Gasteiger partial charge < -0.3 is 10.6 Å². The minimum absolute atomic E-state index is 0.198. The van der Waals surface area contributed by atoms with E-state index in [2.05, 4.69) is 15.6 Å². The predicted molar refractivity (Wildman–Crippen MR) is 111 cm³/mol. The van der Waals surface area contributed by atoms with Crippen LogP contribution in [0.4, 0.5) is 5.69 Å². The molecular formula is C22H20ClN3O2. The maximum atomic E-state index is 12.5. The van der Waals surface area contributed by atoms with Gasteiger partial charge >= 0.3 is 0 Å². The van der Waals surface area contributed by atoms with Crippen LogP contribution in [-0.4, -0.2) is 23.3 Å². The Morgan fingerprint density at radius 1 is 1.00 bits per heavy atom. The van der Waals surface area contributed by atoms with Crippen molar-refractivity contribution in [2.45, 2.75) is 13.3 Å². The van der Waals surface area contributed by atoms with Crippen LogP contribution in [0.25, 0.3) is 0 Å². The summed E-state index contributed by atoms with van der Waals surface area (Å²) in [6, 6.07) is 18.2. The van der Waals surface area contributed by atoms with Crippen molar-refractivity contribution < 1.29 is 9.59 Å². The number of amides is 2. The number of rotatable bonds is 6. The van der Waals surface area contributed by atoms with Crippen molar-refractivity contribution in [3.05, 3.63) is 94.3 Å². The van der Waals surface area contributed by atoms with Gasteiger partial charge in [-0.3, -0.25) is 14.6 Å². The van der Waals surface area contributed by atoms with E-state index in [1.54, 1.807) is 18.2 Å². The second-order valence-electron chi connectivity index (χ2n) is 6.33. The molecule has 2 amide bonds. The van der Waals surface area contributed by atoms with Gasteiger partial charge in [0.25, 0.3) is 11.8 Å². The van der Waals surface area contributed by atoms with Crippen molar-refractivity contribution in [1.82, 2.24) is 10.3 Å². The predicted octanol–water partition coefficient (Wildman–Crippen LogP) is 4.27. The first-order chi connectivity index (χ1) is 13.5. The highest BCUT2D eigenvalue weighted by Crippen LogP contribution is 2.21. The van der Waals surface area contributed by atoms with Gasteiger partial charge in [0.2, 0.25) is 0 Å². The minimum Gasteiger partial charge on any atom is -0.350 e. The maximum Gasteiger partial charge on any atom is 0.269 e. The number of nitrogens with one attached hydrogen (secondary N) is 2. The van der Waals surface area contributed by atoms with E-state index in [-0.39, 0.29) is 17.5 Å². The number of halogens is 1. The van der Waals surface area contributed by atoms with E-state index in [1.807, 2.05) is 43.3 Å². The molecule has 0 radical (unpaired) electrons. The van der Waals surface area contributed by atoms with Crippen LogP contribution in [0.5, 0.6) is 0 Å². The molecule has 0 spiro atoms. The van der Waals surface area contributed by atoms with Gasteiger partial charge in [0, 0.05) is 29.0 Å². The molecule has 0 atom stereocenters. The average molecular weight is 394 g/mol. The van der Waals surface area contributed by atoms with Gasteiger partial charge in [-0.25, -0.2) is 0 Å². The SMILES string of the molecule is Cc1ccc(Cl)cc1NC(=O)c1ccnc(C(=O)NCCc2ccccc2)c1. The molecule has 28 heavy (non-hydrogen) atoms. The number of carbonyl (C=O) groups excluding carboxylic acids is 2. The normalized spacial score (nSPS) is 10.4. The zero-order chi connectivity index (χ0) is 19.9. The van der Waals surface area contributed by atoms with Crippen molar-refractivity contribution >= 4 is 29.1 Å². The molecule has 0 saturated heterocycles. The highest BCUT2D eigenvalue weighted by Gasteiger charge is 2.13. The summed E-state index contributed by atoms with van der Waals surface area (Å²) in [4.78, 5) is 29.0. The maximum absolute atomic E-state index is 12.5. The summed E-state index contributed by atoms with van der Waals surface area (Å²) >= 11 is 5.99. The second kappa shape index (κ2) is 9.15. The molecule has 1 heterocycles. The molecular weight excluding hydrogens is 374 g/mol. The van der Waals surface area contributed by atoms with Gasteiger partial charge in [0.15, 0.2) is 0 Å². The van der Waals surface area contributed by atoms with E-state index in [0.717, 1.165) is 17.5 Å². The second-order valence-corrected chi connectivity index (χ2v) is 6.77. The molecule has 6 heteroatoms. The molecule has 3 aromatic rings. The van der Waals surface area contributed by atoms with Crippen LogP contribution in [0, 0.1) is 6.92 Å². The molecule has 2 N–H and O–H groups in total. The number of anilines is 1. The summed E-state index contributed by atoms with van der Waals surface area (Å²) in [7, 11) is 0. The van der Waals surface area contributed by atoms with Crippen LogP contribution in [0.1, 0.15) is 32.0 Å². The molecule has 1 aromatic heterocycles. The zero-order valence-electron chi connectivity index (χ0n) is 15.4. The van der Waals surface area contributed by atoms with Crippen LogP contribution < -0.4 is 10.6 Å². The molecule has 0 aliphatic heterocycles. The number of carbonyl (C=O) groups is 2. The lowest BCUT2D eigenvalue weighted by atomic mass is 10.1. The van der Waals surface area contributed by atoms with Crippen molar-refractivity contribution in [2.75, 3.05) is 11.9 Å². The van der Waals surface area contributed by atoms with Crippen molar-refractivity contribution in [3.8, 4) is 0 Å². The molecule has 0 fully saturated rings. The Bertz CT molecular complexity index is 990. The standard InChI is InChI=1S/C22H20ClN3O2/c1-15-7-8-18(23)14-19(15)26-21(27)17-10-12-24-20(13-17)22(28)25-11-9-16-5-3-2-4-6-16/h2-8,10,12-14H,9,11H2,1H3,(H,25,28)(H,26,27). The average Bonchev–Trinajstić information content (AvgIpc) is 2.71. The first-order valence-corrected chi connectivity index (χ1v) is 9.26. The van der Waals surface area contributed by atoms with Gasteiger partial charge in [-0.15, -0.1) is 0 Å². The Morgan fingerprint density at radius 2 is 1.79 bits per heavy atom. The van der Waals surface area contributed by atoms with Crippen molar-refractivity contribution in [2.24, 2.45) is 0 Å². The molecule has 5 nitrogen and oxygen atoms in total. The minimum atomic E-state index is -0.328. The van der Waals surface area contributed by atoms with Crippen LogP contribution >= 0.6 is 11.6 Å². The molecule has 2 aromatic carbocycles. The Kier molecular flexibility index (Phi) is 6.40. The van der Waals surface area contributed by atoms with Gasteiger partial charge in [-0.05, 0) is 48.7 Å². The Hall–Kier alpha value is -3.18. The summed E-state index contributed by atoms with van der Waals surface area (Å²) in [5.41, 5.74) is 3.21. The number of aryl methyl sites for hydroxylation is 1. The molecule has 0 aliphatic carbocycles. The third-order valence-electron chi connectivity index (χ3n) is 4.24. The van der Waals surface area contributed by atoms with Crippen molar-refractivity contribution in [3.63, 3.8) is 0 Å². The first-order valence-electron chi connectivity index (χ1n) is 8.88. The van der Waals surface area contributed by atoms with Gasteiger partial charge in [-0.1, -0.05) is 48.0 Å². The topological polar surface area (TPSA) is 71.1 Å². The van der Waals surface area contributed by atoms with E-state index < -0.39 is 0 Å². The van der Waals surface area contributed by atoms with E-state index in [1.165, 1.54) is 12.3 Å². The number of benzene rings is 2. The van der Waals surface area contributed by atoms with E-state index >= 15 is 0 Å². The van der Waals surface area contributed by atoms with Crippen LogP contribution in [-0.2, 0) is 6.42 Å². The highest BCUT2D eigenvalue weighted by molar-refractivity contribution is 6.31. The Balaban J connectivity index is 1.63. The van der Waals surface area contributed by atoms with Crippen LogP contribution in [0.2, 0.25) is 5.02 Å². The lowest BCUT2D eigenvalue weighted by Gasteiger charge is -2.10. The third kappa shape index (κ3) is 5.18. The van der Waals surface area contributed by atoms with Crippen molar-refractivity contribution in [1.29, 1.82) is 0 Å². The lowest BCUT2D eigenvalue weighted by Crippen LogP contribution is -2.27. The third-order valence-corrected chi connectivity index (χ3v) is 4.48. The highest BCUT2D eigenvalue weighted by atomic mass is 35.5. The fourth-order valence-electron chi connectivity index (χ4n) is 2.67. The smallest absolute Gasteiger partial charge is 0.269 e. The Morgan fingerprint density at radius 3 is 2.57 bits per heavy atom. The summed E-state index contributed by atoms with van der Waals surface area (Å²) in [5, 5.41) is 6.18. The number of pyridine rings is 1. The van der Waals surface area contributed by atoms with Gasteiger partial charge in [-0.2, -0.15) is 0 Å². The summed E-state index contributed by atoms with van der Waals surface area (Å²) in [6.45, 7) is 2.37. The largest absolute Gasteiger partial charge is 0.350 e. The van der Waals surface area contributed by atoms with Gasteiger partial charge in [0.1, 0.15) is 5.69 Å². The van der Waals surface area contributed by atoms with Gasteiger partial charge in [0.05, 0.1) is 0 Å².